The number of halogens is 2. The van der Waals surface area contributed by atoms with Gasteiger partial charge in [0.25, 0.3) is 0 Å². The molecule has 1 N–H and O–H groups in total. The predicted octanol–water partition coefficient (Wildman–Crippen LogP) is 4.87. The molecule has 1 aromatic carbocycles. The molecule has 0 spiro atoms. The van der Waals surface area contributed by atoms with Gasteiger partial charge in [-0.15, -0.1) is 0 Å². The summed E-state index contributed by atoms with van der Waals surface area (Å²) in [6.45, 7) is 4.45. The minimum Gasteiger partial charge on any atom is -0.390 e. The lowest BCUT2D eigenvalue weighted by Gasteiger charge is -2.41. The lowest BCUT2D eigenvalue weighted by Crippen LogP contribution is -2.40. The van der Waals surface area contributed by atoms with Gasteiger partial charge >= 0.3 is 0 Å². The fourth-order valence-corrected chi connectivity index (χ4v) is 3.61. The minimum absolute atomic E-state index is 0.214. The molecule has 1 unspecified atom stereocenters. The Balaban J connectivity index is 2.17. The molecule has 100 valence electrons. The summed E-state index contributed by atoms with van der Waals surface area (Å²) in [6, 6.07) is 5.50. The van der Waals surface area contributed by atoms with Crippen LogP contribution < -0.4 is 0 Å². The fourth-order valence-electron chi connectivity index (χ4n) is 3.13. The van der Waals surface area contributed by atoms with Gasteiger partial charge in [-0.05, 0) is 42.4 Å². The molecular weight excluding hydrogens is 267 g/mol. The van der Waals surface area contributed by atoms with E-state index >= 15 is 0 Å². The van der Waals surface area contributed by atoms with E-state index < -0.39 is 5.60 Å². The quantitative estimate of drug-likeness (QED) is 0.823. The second kappa shape index (κ2) is 5.03. The molecule has 1 aromatic rings. The summed E-state index contributed by atoms with van der Waals surface area (Å²) >= 11 is 12.1. The Bertz CT molecular complexity index is 442. The van der Waals surface area contributed by atoms with Gasteiger partial charge in [0, 0.05) is 16.5 Å². The third-order valence-electron chi connectivity index (χ3n) is 3.84. The maximum Gasteiger partial charge on any atom is 0.0693 e. The van der Waals surface area contributed by atoms with E-state index in [0.29, 0.717) is 16.5 Å². The third kappa shape index (κ3) is 3.40. The Morgan fingerprint density at radius 3 is 2.56 bits per heavy atom. The highest BCUT2D eigenvalue weighted by molar-refractivity contribution is 6.35. The first-order valence-corrected chi connectivity index (χ1v) is 7.22. The predicted molar refractivity (Wildman–Crippen MR) is 77.4 cm³/mol. The van der Waals surface area contributed by atoms with E-state index in [0.717, 1.165) is 24.8 Å². The third-order valence-corrected chi connectivity index (χ3v) is 4.42. The molecule has 1 nitrogen and oxygen atoms in total. The molecule has 1 aliphatic rings. The van der Waals surface area contributed by atoms with Crippen molar-refractivity contribution in [1.82, 2.24) is 0 Å². The normalized spacial score (nSPS) is 27.2. The highest BCUT2D eigenvalue weighted by Crippen LogP contribution is 2.43. The molecule has 1 saturated carbocycles. The molecule has 2 rings (SSSR count). The Labute approximate surface area is 119 Å². The van der Waals surface area contributed by atoms with Crippen LogP contribution in [0, 0.1) is 5.41 Å². The molecule has 18 heavy (non-hydrogen) atoms. The molecular formula is C15H20Cl2O. The molecule has 0 amide bonds. The summed E-state index contributed by atoms with van der Waals surface area (Å²) in [5.74, 6) is 0. The number of aliphatic hydroxyl groups is 1. The molecule has 1 aliphatic carbocycles. The van der Waals surface area contributed by atoms with Gasteiger partial charge in [0.1, 0.15) is 0 Å². The van der Waals surface area contributed by atoms with Gasteiger partial charge in [0.05, 0.1) is 5.60 Å². The molecule has 0 aliphatic heterocycles. The molecule has 0 aromatic heterocycles. The van der Waals surface area contributed by atoms with Crippen LogP contribution in [0.3, 0.4) is 0 Å². The topological polar surface area (TPSA) is 20.2 Å². The first-order chi connectivity index (χ1) is 8.30. The maximum absolute atomic E-state index is 10.8. The fraction of sp³-hybridized carbons (Fsp3) is 0.600. The lowest BCUT2D eigenvalue weighted by molar-refractivity contribution is -0.0381. The molecule has 3 heteroatoms. The van der Waals surface area contributed by atoms with E-state index in [-0.39, 0.29) is 5.41 Å². The standard InChI is InChI=1S/C15H20Cl2O/c1-14(2)6-3-7-15(18,10-14)9-11-4-5-12(16)8-13(11)17/h4-5,8,18H,3,6-7,9-10H2,1-2H3. The number of rotatable bonds is 2. The van der Waals surface area contributed by atoms with Crippen molar-refractivity contribution in [3.63, 3.8) is 0 Å². The van der Waals surface area contributed by atoms with Crippen molar-refractivity contribution in [2.75, 3.05) is 0 Å². The minimum atomic E-state index is -0.626. The van der Waals surface area contributed by atoms with E-state index in [1.165, 1.54) is 6.42 Å². The highest BCUT2D eigenvalue weighted by Gasteiger charge is 2.38. The van der Waals surface area contributed by atoms with E-state index in [2.05, 4.69) is 13.8 Å². The van der Waals surface area contributed by atoms with Crippen molar-refractivity contribution in [2.24, 2.45) is 5.41 Å². The van der Waals surface area contributed by atoms with Crippen LogP contribution in [0.5, 0.6) is 0 Å². The second-order valence-corrected chi connectivity index (χ2v) is 7.18. The van der Waals surface area contributed by atoms with Crippen molar-refractivity contribution >= 4 is 23.2 Å². The average Bonchev–Trinajstić information content (AvgIpc) is 2.20. The molecule has 1 fully saturated rings. The van der Waals surface area contributed by atoms with Gasteiger partial charge in [0.15, 0.2) is 0 Å². The highest BCUT2D eigenvalue weighted by atomic mass is 35.5. The Hall–Kier alpha value is -0.240. The van der Waals surface area contributed by atoms with E-state index in [1.54, 1.807) is 6.07 Å². The van der Waals surface area contributed by atoms with Gasteiger partial charge in [-0.25, -0.2) is 0 Å². The van der Waals surface area contributed by atoms with Crippen LogP contribution in [-0.2, 0) is 6.42 Å². The van der Waals surface area contributed by atoms with E-state index in [1.807, 2.05) is 12.1 Å². The van der Waals surface area contributed by atoms with Crippen LogP contribution in [0.25, 0.3) is 0 Å². The molecule has 0 radical (unpaired) electrons. The summed E-state index contributed by atoms with van der Waals surface area (Å²) in [6.07, 6.45) is 4.57. The molecule has 0 heterocycles. The summed E-state index contributed by atoms with van der Waals surface area (Å²) in [5, 5.41) is 12.1. The lowest BCUT2D eigenvalue weighted by atomic mass is 9.68. The summed E-state index contributed by atoms with van der Waals surface area (Å²) in [7, 11) is 0. The van der Waals surface area contributed by atoms with Gasteiger partial charge in [-0.1, -0.05) is 49.5 Å². The van der Waals surface area contributed by atoms with Crippen LogP contribution in [0.4, 0.5) is 0 Å². The number of hydrogen-bond donors (Lipinski definition) is 1. The van der Waals surface area contributed by atoms with Crippen molar-refractivity contribution in [1.29, 1.82) is 0 Å². The second-order valence-electron chi connectivity index (χ2n) is 6.33. The number of hydrogen-bond acceptors (Lipinski definition) is 1. The van der Waals surface area contributed by atoms with E-state index in [9.17, 15) is 5.11 Å². The summed E-state index contributed by atoms with van der Waals surface area (Å²) in [4.78, 5) is 0. The zero-order valence-corrected chi connectivity index (χ0v) is 12.5. The van der Waals surface area contributed by atoms with Gasteiger partial charge in [-0.3, -0.25) is 0 Å². The molecule has 0 saturated heterocycles. The first kappa shape index (κ1) is 14.2. The Kier molecular flexibility index (Phi) is 3.96. The van der Waals surface area contributed by atoms with E-state index in [4.69, 9.17) is 23.2 Å². The van der Waals surface area contributed by atoms with Crippen LogP contribution in [-0.4, -0.2) is 10.7 Å². The van der Waals surface area contributed by atoms with Crippen molar-refractivity contribution in [3.8, 4) is 0 Å². The monoisotopic (exact) mass is 286 g/mol. The first-order valence-electron chi connectivity index (χ1n) is 6.46. The van der Waals surface area contributed by atoms with Crippen LogP contribution in [0.15, 0.2) is 18.2 Å². The average molecular weight is 287 g/mol. The van der Waals surface area contributed by atoms with Gasteiger partial charge in [-0.2, -0.15) is 0 Å². The van der Waals surface area contributed by atoms with Crippen molar-refractivity contribution < 1.29 is 5.11 Å². The van der Waals surface area contributed by atoms with Crippen molar-refractivity contribution in [2.45, 2.75) is 51.6 Å². The SMILES string of the molecule is CC1(C)CCCC(O)(Cc2ccc(Cl)cc2Cl)C1. The van der Waals surface area contributed by atoms with Crippen LogP contribution in [0.2, 0.25) is 10.0 Å². The molecule has 0 bridgehead atoms. The summed E-state index contributed by atoms with van der Waals surface area (Å²) < 4.78 is 0. The Morgan fingerprint density at radius 2 is 1.94 bits per heavy atom. The smallest absolute Gasteiger partial charge is 0.0693 e. The zero-order chi connectivity index (χ0) is 13.4. The molecule has 1 atom stereocenters. The van der Waals surface area contributed by atoms with Gasteiger partial charge < -0.3 is 5.11 Å². The van der Waals surface area contributed by atoms with Gasteiger partial charge in [0.2, 0.25) is 0 Å². The summed E-state index contributed by atoms with van der Waals surface area (Å²) in [5.41, 5.74) is 0.576. The van der Waals surface area contributed by atoms with Crippen LogP contribution >= 0.6 is 23.2 Å². The zero-order valence-electron chi connectivity index (χ0n) is 11.0. The largest absolute Gasteiger partial charge is 0.390 e. The number of benzene rings is 1. The van der Waals surface area contributed by atoms with Crippen LogP contribution in [0.1, 0.15) is 45.1 Å². The van der Waals surface area contributed by atoms with Crippen molar-refractivity contribution in [3.05, 3.63) is 33.8 Å². The maximum atomic E-state index is 10.8. The Morgan fingerprint density at radius 1 is 1.22 bits per heavy atom.